The van der Waals surface area contributed by atoms with E-state index in [1.54, 1.807) is 0 Å². The van der Waals surface area contributed by atoms with Gasteiger partial charge in [0.05, 0.1) is 12.2 Å². The van der Waals surface area contributed by atoms with Gasteiger partial charge in [-0.05, 0) is 38.6 Å². The van der Waals surface area contributed by atoms with Crippen LogP contribution in [0.4, 0.5) is 0 Å². The molecule has 3 rings (SSSR count). The number of hydrogen-bond donors (Lipinski definition) is 1. The Kier molecular flexibility index (Phi) is 3.08. The maximum absolute atomic E-state index is 9.56. The van der Waals surface area contributed by atoms with Crippen LogP contribution >= 0.6 is 0 Å². The summed E-state index contributed by atoms with van der Waals surface area (Å²) >= 11 is 0. The first kappa shape index (κ1) is 11.5. The van der Waals surface area contributed by atoms with Crippen molar-refractivity contribution in [2.75, 3.05) is 26.2 Å². The lowest BCUT2D eigenvalue weighted by Gasteiger charge is -2.30. The molecule has 0 aliphatic carbocycles. The molecule has 3 fully saturated rings. The molecule has 17 heavy (non-hydrogen) atoms. The van der Waals surface area contributed by atoms with Crippen molar-refractivity contribution in [3.8, 4) is 6.07 Å². The molecular formula is C13H21N3O. The molecule has 0 aromatic heterocycles. The van der Waals surface area contributed by atoms with Crippen LogP contribution in [0.3, 0.4) is 0 Å². The maximum atomic E-state index is 9.56. The summed E-state index contributed by atoms with van der Waals surface area (Å²) in [5.41, 5.74) is -0.303. The lowest BCUT2D eigenvalue weighted by molar-refractivity contribution is 0.102. The first-order valence-corrected chi connectivity index (χ1v) is 6.86. The zero-order chi connectivity index (χ0) is 11.7. The highest BCUT2D eigenvalue weighted by molar-refractivity contribution is 5.20. The van der Waals surface area contributed by atoms with Crippen molar-refractivity contribution in [3.05, 3.63) is 0 Å². The second kappa shape index (κ2) is 4.56. The topological polar surface area (TPSA) is 48.3 Å². The van der Waals surface area contributed by atoms with E-state index in [2.05, 4.69) is 16.3 Å². The van der Waals surface area contributed by atoms with Gasteiger partial charge in [-0.15, -0.1) is 0 Å². The van der Waals surface area contributed by atoms with Crippen LogP contribution in [0, 0.1) is 11.3 Å². The number of nitrogens with one attached hydrogen (secondary N) is 1. The van der Waals surface area contributed by atoms with Gasteiger partial charge in [0, 0.05) is 25.7 Å². The van der Waals surface area contributed by atoms with E-state index in [0.29, 0.717) is 12.1 Å². The third-order valence-corrected chi connectivity index (χ3v) is 4.59. The van der Waals surface area contributed by atoms with E-state index in [-0.39, 0.29) is 5.54 Å². The molecular weight excluding hydrogens is 214 g/mol. The van der Waals surface area contributed by atoms with E-state index in [9.17, 15) is 5.26 Å². The summed E-state index contributed by atoms with van der Waals surface area (Å²) in [6.45, 7) is 3.99. The average molecular weight is 235 g/mol. The molecule has 0 bridgehead atoms. The summed E-state index contributed by atoms with van der Waals surface area (Å²) in [6.07, 6.45) is 6.03. The first-order chi connectivity index (χ1) is 8.34. The summed E-state index contributed by atoms with van der Waals surface area (Å²) in [5, 5.41) is 13.1. The minimum Gasteiger partial charge on any atom is -0.377 e. The van der Waals surface area contributed by atoms with Crippen LogP contribution in [0.25, 0.3) is 0 Å². The van der Waals surface area contributed by atoms with Crippen molar-refractivity contribution in [2.45, 2.75) is 49.8 Å². The summed E-state index contributed by atoms with van der Waals surface area (Å²) in [7, 11) is 0. The molecule has 3 aliphatic heterocycles. The van der Waals surface area contributed by atoms with Gasteiger partial charge in [-0.2, -0.15) is 5.26 Å². The highest BCUT2D eigenvalue weighted by atomic mass is 16.5. The Balaban J connectivity index is 1.63. The molecule has 0 aromatic rings. The van der Waals surface area contributed by atoms with Crippen LogP contribution in [0.15, 0.2) is 0 Å². The van der Waals surface area contributed by atoms with Crippen molar-refractivity contribution in [1.82, 2.24) is 10.2 Å². The predicted octanol–water partition coefficient (Wildman–Crippen LogP) is 0.885. The van der Waals surface area contributed by atoms with Crippen molar-refractivity contribution >= 4 is 0 Å². The molecule has 4 nitrogen and oxygen atoms in total. The fourth-order valence-electron chi connectivity index (χ4n) is 3.62. The monoisotopic (exact) mass is 235 g/mol. The lowest BCUT2D eigenvalue weighted by Crippen LogP contribution is -2.53. The Bertz CT molecular complexity index is 321. The number of nitriles is 1. The van der Waals surface area contributed by atoms with Gasteiger partial charge in [0.25, 0.3) is 0 Å². The lowest BCUT2D eigenvalue weighted by atomic mass is 9.90. The molecule has 3 unspecified atom stereocenters. The molecule has 1 N–H and O–H groups in total. The third-order valence-electron chi connectivity index (χ3n) is 4.59. The number of rotatable bonds is 3. The Morgan fingerprint density at radius 2 is 2.29 bits per heavy atom. The molecule has 0 aromatic carbocycles. The quantitative estimate of drug-likeness (QED) is 0.789. The van der Waals surface area contributed by atoms with Crippen LogP contribution < -0.4 is 5.32 Å². The normalized spacial score (nSPS) is 41.6. The molecule has 4 heteroatoms. The van der Waals surface area contributed by atoms with E-state index in [0.717, 1.165) is 32.5 Å². The van der Waals surface area contributed by atoms with Gasteiger partial charge in [0.2, 0.25) is 0 Å². The summed E-state index contributed by atoms with van der Waals surface area (Å²) in [4.78, 5) is 2.48. The van der Waals surface area contributed by atoms with Crippen LogP contribution in [0.1, 0.15) is 32.1 Å². The third kappa shape index (κ3) is 1.97. The summed E-state index contributed by atoms with van der Waals surface area (Å²) in [6, 6.07) is 3.00. The number of ether oxygens (including phenoxy) is 1. The summed E-state index contributed by atoms with van der Waals surface area (Å²) in [5.74, 6) is 0. The Morgan fingerprint density at radius 3 is 3.06 bits per heavy atom. The predicted molar refractivity (Wildman–Crippen MR) is 64.5 cm³/mol. The SMILES string of the molecule is N#CC1(NCC2CCCO2)CCN2CCCC21. The minimum atomic E-state index is -0.303. The zero-order valence-corrected chi connectivity index (χ0v) is 10.3. The molecule has 3 heterocycles. The molecule has 0 radical (unpaired) electrons. The second-order valence-electron chi connectivity index (χ2n) is 5.54. The van der Waals surface area contributed by atoms with E-state index >= 15 is 0 Å². The maximum Gasteiger partial charge on any atom is 0.123 e. The van der Waals surface area contributed by atoms with Gasteiger partial charge in [0.15, 0.2) is 0 Å². The molecule has 0 spiro atoms. The van der Waals surface area contributed by atoms with Gasteiger partial charge in [-0.25, -0.2) is 0 Å². The van der Waals surface area contributed by atoms with E-state index in [1.165, 1.54) is 25.8 Å². The van der Waals surface area contributed by atoms with Crippen molar-refractivity contribution in [3.63, 3.8) is 0 Å². The fourth-order valence-corrected chi connectivity index (χ4v) is 3.62. The number of fused-ring (bicyclic) bond motifs is 1. The van der Waals surface area contributed by atoms with Gasteiger partial charge in [0.1, 0.15) is 5.54 Å². The first-order valence-electron chi connectivity index (χ1n) is 6.86. The van der Waals surface area contributed by atoms with Crippen LogP contribution in [-0.4, -0.2) is 48.8 Å². The molecule has 3 saturated heterocycles. The van der Waals surface area contributed by atoms with Gasteiger partial charge in [-0.1, -0.05) is 0 Å². The van der Waals surface area contributed by atoms with Crippen LogP contribution in [0.5, 0.6) is 0 Å². The van der Waals surface area contributed by atoms with Gasteiger partial charge in [-0.3, -0.25) is 10.2 Å². The number of nitrogens with zero attached hydrogens (tertiary/aromatic N) is 2. The van der Waals surface area contributed by atoms with Crippen molar-refractivity contribution < 1.29 is 4.74 Å². The minimum absolute atomic E-state index is 0.303. The van der Waals surface area contributed by atoms with E-state index < -0.39 is 0 Å². The van der Waals surface area contributed by atoms with E-state index in [1.807, 2.05) is 0 Å². The molecule has 3 aliphatic rings. The van der Waals surface area contributed by atoms with Gasteiger partial charge >= 0.3 is 0 Å². The fraction of sp³-hybridized carbons (Fsp3) is 0.923. The molecule has 0 saturated carbocycles. The Hall–Kier alpha value is -0.630. The molecule has 0 amide bonds. The smallest absolute Gasteiger partial charge is 0.123 e. The van der Waals surface area contributed by atoms with Crippen molar-refractivity contribution in [2.24, 2.45) is 0 Å². The van der Waals surface area contributed by atoms with Crippen LogP contribution in [-0.2, 0) is 4.74 Å². The largest absolute Gasteiger partial charge is 0.377 e. The van der Waals surface area contributed by atoms with Crippen LogP contribution in [0.2, 0.25) is 0 Å². The average Bonchev–Trinajstić information content (AvgIpc) is 3.05. The second-order valence-corrected chi connectivity index (χ2v) is 5.54. The highest BCUT2D eigenvalue weighted by Gasteiger charge is 2.49. The zero-order valence-electron chi connectivity index (χ0n) is 10.3. The summed E-state index contributed by atoms with van der Waals surface area (Å²) < 4.78 is 5.63. The van der Waals surface area contributed by atoms with Gasteiger partial charge < -0.3 is 4.74 Å². The number of hydrogen-bond acceptors (Lipinski definition) is 4. The Labute approximate surface area is 103 Å². The van der Waals surface area contributed by atoms with E-state index in [4.69, 9.17) is 4.74 Å². The molecule has 3 atom stereocenters. The van der Waals surface area contributed by atoms with Crippen molar-refractivity contribution in [1.29, 1.82) is 5.26 Å². The Morgan fingerprint density at radius 1 is 1.35 bits per heavy atom. The standard InChI is InChI=1S/C13H21N3O/c14-10-13(15-9-11-3-2-8-17-11)5-7-16-6-1-4-12(13)16/h11-12,15H,1-9H2. The molecule has 94 valence electrons. The highest BCUT2D eigenvalue weighted by Crippen LogP contribution is 2.35.